The van der Waals surface area contributed by atoms with Crippen LogP contribution in [-0.4, -0.2) is 39.6 Å². The number of anilines is 1. The Bertz CT molecular complexity index is 874. The third kappa shape index (κ3) is 3.05. The van der Waals surface area contributed by atoms with E-state index in [4.69, 9.17) is 4.74 Å². The first-order valence-electron chi connectivity index (χ1n) is 7.71. The van der Waals surface area contributed by atoms with Gasteiger partial charge in [-0.15, -0.1) is 10.2 Å². The average molecular weight is 325 g/mol. The fourth-order valence-electron chi connectivity index (χ4n) is 2.67. The van der Waals surface area contributed by atoms with Crippen LogP contribution < -0.4 is 4.90 Å². The quantitative estimate of drug-likeness (QED) is 0.670. The molecule has 0 N–H and O–H groups in total. The van der Waals surface area contributed by atoms with E-state index >= 15 is 0 Å². The molecule has 0 unspecified atom stereocenters. The molecule has 124 valence electrons. The highest BCUT2D eigenvalue weighted by Crippen LogP contribution is 2.29. The fourth-order valence-corrected chi connectivity index (χ4v) is 2.67. The number of fused-ring (bicyclic) bond motifs is 1. The largest absolute Gasteiger partial charge is 0.461 e. The molecule has 0 aliphatic heterocycles. The SMILES string of the molecule is CCOC(=O)c1nnc2ccccc2c1N(C)Cc1cnn(C)c1. The lowest BCUT2D eigenvalue weighted by atomic mass is 10.1. The molecule has 0 radical (unpaired) electrons. The third-order valence-corrected chi connectivity index (χ3v) is 3.67. The Balaban J connectivity index is 2.08. The molecule has 0 bridgehead atoms. The maximum absolute atomic E-state index is 12.3. The molecule has 1 aromatic carbocycles. The fraction of sp³-hybridized carbons (Fsp3) is 0.294. The molecule has 0 saturated heterocycles. The number of esters is 1. The van der Waals surface area contributed by atoms with Crippen molar-refractivity contribution in [2.45, 2.75) is 13.5 Å². The van der Waals surface area contributed by atoms with Gasteiger partial charge in [-0.05, 0) is 13.0 Å². The van der Waals surface area contributed by atoms with Crippen molar-refractivity contribution in [2.75, 3.05) is 18.6 Å². The summed E-state index contributed by atoms with van der Waals surface area (Å²) in [5.41, 5.74) is 2.71. The number of aromatic nitrogens is 4. The molecule has 0 saturated carbocycles. The Kier molecular flexibility index (Phi) is 4.41. The highest BCUT2D eigenvalue weighted by molar-refractivity contribution is 6.03. The lowest BCUT2D eigenvalue weighted by Crippen LogP contribution is -2.22. The van der Waals surface area contributed by atoms with Gasteiger partial charge in [0.25, 0.3) is 0 Å². The number of ether oxygens (including phenoxy) is 1. The Labute approximate surface area is 139 Å². The van der Waals surface area contributed by atoms with Crippen LogP contribution in [-0.2, 0) is 18.3 Å². The summed E-state index contributed by atoms with van der Waals surface area (Å²) in [5.74, 6) is -0.469. The number of nitrogens with zero attached hydrogens (tertiary/aromatic N) is 5. The van der Waals surface area contributed by atoms with Crippen LogP contribution in [0.25, 0.3) is 10.9 Å². The summed E-state index contributed by atoms with van der Waals surface area (Å²) in [4.78, 5) is 14.3. The molecule has 0 aliphatic rings. The number of hydrogen-bond donors (Lipinski definition) is 0. The van der Waals surface area contributed by atoms with Crippen LogP contribution in [0, 0.1) is 0 Å². The Morgan fingerprint density at radius 3 is 2.79 bits per heavy atom. The molecule has 0 spiro atoms. The van der Waals surface area contributed by atoms with Crippen molar-refractivity contribution < 1.29 is 9.53 Å². The van der Waals surface area contributed by atoms with Gasteiger partial charge in [-0.2, -0.15) is 5.10 Å². The van der Waals surface area contributed by atoms with Crippen LogP contribution in [0.5, 0.6) is 0 Å². The van der Waals surface area contributed by atoms with Crippen molar-refractivity contribution in [3.8, 4) is 0 Å². The first-order chi connectivity index (χ1) is 11.6. The molecule has 0 atom stereocenters. The number of carbonyl (C=O) groups excluding carboxylic acids is 1. The van der Waals surface area contributed by atoms with E-state index in [1.807, 2.05) is 49.5 Å². The summed E-state index contributed by atoms with van der Waals surface area (Å²) >= 11 is 0. The van der Waals surface area contributed by atoms with Crippen molar-refractivity contribution in [2.24, 2.45) is 7.05 Å². The van der Waals surface area contributed by atoms with Crippen LogP contribution in [0.4, 0.5) is 5.69 Å². The predicted molar refractivity (Wildman–Crippen MR) is 90.8 cm³/mol. The minimum atomic E-state index is -0.469. The van der Waals surface area contributed by atoms with Crippen LogP contribution in [0.1, 0.15) is 23.0 Å². The maximum Gasteiger partial charge on any atom is 0.361 e. The Hall–Kier alpha value is -2.96. The monoisotopic (exact) mass is 325 g/mol. The second-order valence-corrected chi connectivity index (χ2v) is 5.51. The molecule has 3 rings (SSSR count). The summed E-state index contributed by atoms with van der Waals surface area (Å²) in [6.45, 7) is 2.65. The predicted octanol–water partition coefficient (Wildman–Crippen LogP) is 2.18. The zero-order valence-electron chi connectivity index (χ0n) is 13.9. The van der Waals surface area contributed by atoms with E-state index < -0.39 is 5.97 Å². The molecule has 24 heavy (non-hydrogen) atoms. The van der Waals surface area contributed by atoms with Gasteiger partial charge in [0.1, 0.15) is 0 Å². The molecular formula is C17H19N5O2. The zero-order valence-corrected chi connectivity index (χ0v) is 13.9. The lowest BCUT2D eigenvalue weighted by Gasteiger charge is -2.22. The van der Waals surface area contributed by atoms with Gasteiger partial charge in [-0.1, -0.05) is 18.2 Å². The van der Waals surface area contributed by atoms with Gasteiger partial charge in [0.2, 0.25) is 0 Å². The summed E-state index contributed by atoms with van der Waals surface area (Å²) in [5, 5.41) is 13.3. The topological polar surface area (TPSA) is 73.1 Å². The molecule has 0 aliphatic carbocycles. The first-order valence-corrected chi connectivity index (χ1v) is 7.71. The highest BCUT2D eigenvalue weighted by atomic mass is 16.5. The molecule has 3 aromatic rings. The van der Waals surface area contributed by atoms with E-state index in [1.165, 1.54) is 0 Å². The second-order valence-electron chi connectivity index (χ2n) is 5.51. The molecule has 0 fully saturated rings. The number of benzene rings is 1. The number of hydrogen-bond acceptors (Lipinski definition) is 6. The molecular weight excluding hydrogens is 306 g/mol. The van der Waals surface area contributed by atoms with Gasteiger partial charge in [0, 0.05) is 37.8 Å². The van der Waals surface area contributed by atoms with E-state index in [0.717, 1.165) is 16.5 Å². The van der Waals surface area contributed by atoms with Crippen LogP contribution >= 0.6 is 0 Å². The summed E-state index contributed by atoms with van der Waals surface area (Å²) in [7, 11) is 3.79. The summed E-state index contributed by atoms with van der Waals surface area (Å²) in [6, 6.07) is 7.62. The van der Waals surface area contributed by atoms with E-state index in [0.29, 0.717) is 18.8 Å². The van der Waals surface area contributed by atoms with Crippen molar-refractivity contribution >= 4 is 22.6 Å². The normalized spacial score (nSPS) is 10.8. The van der Waals surface area contributed by atoms with Gasteiger partial charge in [0.15, 0.2) is 5.69 Å². The smallest absolute Gasteiger partial charge is 0.361 e. The number of carbonyl (C=O) groups is 1. The van der Waals surface area contributed by atoms with Crippen molar-refractivity contribution in [1.82, 2.24) is 20.0 Å². The van der Waals surface area contributed by atoms with E-state index in [-0.39, 0.29) is 5.69 Å². The number of rotatable bonds is 5. The van der Waals surface area contributed by atoms with Crippen molar-refractivity contribution in [1.29, 1.82) is 0 Å². The summed E-state index contributed by atoms with van der Waals surface area (Å²) in [6.07, 6.45) is 3.74. The van der Waals surface area contributed by atoms with Crippen molar-refractivity contribution in [3.63, 3.8) is 0 Å². The Morgan fingerprint density at radius 1 is 1.29 bits per heavy atom. The summed E-state index contributed by atoms with van der Waals surface area (Å²) < 4.78 is 6.89. The minimum absolute atomic E-state index is 0.224. The van der Waals surface area contributed by atoms with Crippen molar-refractivity contribution in [3.05, 3.63) is 47.9 Å². The van der Waals surface area contributed by atoms with Crippen LogP contribution in [0.2, 0.25) is 0 Å². The van der Waals surface area contributed by atoms with E-state index in [1.54, 1.807) is 17.8 Å². The second kappa shape index (κ2) is 6.66. The molecule has 7 heteroatoms. The van der Waals surface area contributed by atoms with Gasteiger partial charge in [0.05, 0.1) is 24.0 Å². The molecule has 2 heterocycles. The lowest BCUT2D eigenvalue weighted by molar-refractivity contribution is 0.0519. The molecule has 2 aromatic heterocycles. The Morgan fingerprint density at radius 2 is 2.08 bits per heavy atom. The van der Waals surface area contributed by atoms with Gasteiger partial charge in [-0.3, -0.25) is 4.68 Å². The molecule has 7 nitrogen and oxygen atoms in total. The van der Waals surface area contributed by atoms with E-state index in [9.17, 15) is 4.79 Å². The van der Waals surface area contributed by atoms with Gasteiger partial charge in [-0.25, -0.2) is 4.79 Å². The molecule has 0 amide bonds. The van der Waals surface area contributed by atoms with Crippen LogP contribution in [0.3, 0.4) is 0 Å². The van der Waals surface area contributed by atoms with Crippen LogP contribution in [0.15, 0.2) is 36.7 Å². The maximum atomic E-state index is 12.3. The number of aryl methyl sites for hydroxylation is 1. The average Bonchev–Trinajstić information content (AvgIpc) is 2.98. The van der Waals surface area contributed by atoms with E-state index in [2.05, 4.69) is 15.3 Å². The standard InChI is InChI=1S/C17H19N5O2/c1-4-24-17(23)15-16(13-7-5-6-8-14(13)19-20-15)21(2)10-12-9-18-22(3)11-12/h5-9,11H,4,10H2,1-3H3. The van der Waals surface area contributed by atoms with Gasteiger partial charge >= 0.3 is 5.97 Å². The zero-order chi connectivity index (χ0) is 17.1. The van der Waals surface area contributed by atoms with Gasteiger partial charge < -0.3 is 9.64 Å². The third-order valence-electron chi connectivity index (χ3n) is 3.67. The first kappa shape index (κ1) is 15.9. The highest BCUT2D eigenvalue weighted by Gasteiger charge is 2.21. The minimum Gasteiger partial charge on any atom is -0.461 e.